The van der Waals surface area contributed by atoms with Gasteiger partial charge >= 0.3 is 0 Å². The van der Waals surface area contributed by atoms with Crippen molar-refractivity contribution in [1.82, 2.24) is 14.5 Å². The van der Waals surface area contributed by atoms with E-state index in [0.717, 1.165) is 17.5 Å². The van der Waals surface area contributed by atoms with Gasteiger partial charge in [0.05, 0.1) is 30.8 Å². The topological polar surface area (TPSA) is 88.2 Å². The predicted octanol–water partition coefficient (Wildman–Crippen LogP) is 3.58. The molecule has 2 aliphatic heterocycles. The van der Waals surface area contributed by atoms with Gasteiger partial charge in [-0.1, -0.05) is 44.0 Å². The summed E-state index contributed by atoms with van der Waals surface area (Å²) in [6, 6.07) is 12.5. The third kappa shape index (κ3) is 5.35. The molecular formula is C28H39N3O5S. The van der Waals surface area contributed by atoms with E-state index in [1.807, 2.05) is 42.2 Å². The van der Waals surface area contributed by atoms with Crippen LogP contribution in [-0.4, -0.2) is 69.1 Å². The van der Waals surface area contributed by atoms with Crippen LogP contribution in [0.1, 0.15) is 44.2 Å². The molecule has 8 nitrogen and oxygen atoms in total. The molecule has 0 saturated carbocycles. The summed E-state index contributed by atoms with van der Waals surface area (Å²) in [4.78, 5) is 15.9. The Morgan fingerprint density at radius 2 is 1.70 bits per heavy atom. The van der Waals surface area contributed by atoms with Gasteiger partial charge in [-0.2, -0.15) is 4.31 Å². The largest absolute Gasteiger partial charge is 0.493 e. The number of methoxy groups -OCH3 is 2. The minimum atomic E-state index is -3.58. The fraction of sp³-hybridized carbons (Fsp3) is 0.536. The van der Waals surface area contributed by atoms with Crippen LogP contribution in [0.3, 0.4) is 0 Å². The highest BCUT2D eigenvalue weighted by molar-refractivity contribution is 7.89. The van der Waals surface area contributed by atoms with Crippen molar-refractivity contribution >= 4 is 15.9 Å². The summed E-state index contributed by atoms with van der Waals surface area (Å²) in [5, 5.41) is 3.66. The minimum absolute atomic E-state index is 0.102. The van der Waals surface area contributed by atoms with Crippen LogP contribution in [0.5, 0.6) is 11.5 Å². The van der Waals surface area contributed by atoms with E-state index in [1.165, 1.54) is 0 Å². The van der Waals surface area contributed by atoms with Crippen LogP contribution in [0.15, 0.2) is 47.4 Å². The summed E-state index contributed by atoms with van der Waals surface area (Å²) in [5.41, 5.74) is 1.51. The van der Waals surface area contributed by atoms with E-state index in [4.69, 9.17) is 9.47 Å². The molecule has 0 aliphatic carbocycles. The number of carbonyl (C=O) groups excluding carboxylic acids is 1. The molecule has 0 radical (unpaired) electrons. The SMILES string of the molecule is CCC(C)C1NC2(CCN(S(=O)(=O)c3ccc(C)cc3)CC2)N(CCc2ccc(OC)c(OC)c2)C1=O. The first-order valence-corrected chi connectivity index (χ1v) is 14.5. The summed E-state index contributed by atoms with van der Waals surface area (Å²) in [6.45, 7) is 7.38. The number of aryl methyl sites for hydroxylation is 1. The summed E-state index contributed by atoms with van der Waals surface area (Å²) in [6.07, 6.45) is 2.64. The van der Waals surface area contributed by atoms with E-state index < -0.39 is 15.7 Å². The standard InChI is InChI=1S/C28H39N3O5S/c1-6-21(3)26-27(32)31(16-13-22-9-12-24(35-4)25(19-22)36-5)28(29-26)14-17-30(18-15-28)37(33,34)23-10-7-20(2)8-11-23/h7-12,19,21,26,29H,6,13-18H2,1-5H3. The van der Waals surface area contributed by atoms with E-state index >= 15 is 0 Å². The van der Waals surface area contributed by atoms with Gasteiger partial charge in [-0.05, 0) is 61.9 Å². The molecule has 2 saturated heterocycles. The van der Waals surface area contributed by atoms with Gasteiger partial charge in [0.1, 0.15) is 0 Å². The van der Waals surface area contributed by atoms with Gasteiger partial charge in [0.2, 0.25) is 15.9 Å². The molecule has 1 N–H and O–H groups in total. The summed E-state index contributed by atoms with van der Waals surface area (Å²) < 4.78 is 38.9. The van der Waals surface area contributed by atoms with Crippen molar-refractivity contribution in [3.05, 3.63) is 53.6 Å². The van der Waals surface area contributed by atoms with Crippen molar-refractivity contribution in [1.29, 1.82) is 0 Å². The monoisotopic (exact) mass is 529 g/mol. The number of hydrogen-bond donors (Lipinski definition) is 1. The van der Waals surface area contributed by atoms with Crippen molar-refractivity contribution < 1.29 is 22.7 Å². The van der Waals surface area contributed by atoms with Crippen molar-refractivity contribution in [2.75, 3.05) is 33.9 Å². The number of amides is 1. The molecule has 9 heteroatoms. The fourth-order valence-electron chi connectivity index (χ4n) is 5.40. The lowest BCUT2D eigenvalue weighted by molar-refractivity contribution is -0.133. The third-order valence-electron chi connectivity index (χ3n) is 7.97. The molecule has 202 valence electrons. The predicted molar refractivity (Wildman–Crippen MR) is 143 cm³/mol. The third-order valence-corrected chi connectivity index (χ3v) is 9.88. The van der Waals surface area contributed by atoms with E-state index in [1.54, 1.807) is 30.7 Å². The smallest absolute Gasteiger partial charge is 0.243 e. The Labute approximate surface area is 221 Å². The van der Waals surface area contributed by atoms with Gasteiger partial charge in [0.15, 0.2) is 11.5 Å². The highest BCUT2D eigenvalue weighted by atomic mass is 32.2. The van der Waals surface area contributed by atoms with Crippen LogP contribution >= 0.6 is 0 Å². The molecule has 1 spiro atoms. The number of carbonyl (C=O) groups is 1. The van der Waals surface area contributed by atoms with Gasteiger partial charge in [0, 0.05) is 19.6 Å². The van der Waals surface area contributed by atoms with Gasteiger partial charge in [-0.25, -0.2) is 8.42 Å². The maximum atomic E-state index is 13.6. The number of ether oxygens (including phenoxy) is 2. The van der Waals surface area contributed by atoms with Crippen molar-refractivity contribution in [2.45, 2.75) is 63.1 Å². The Morgan fingerprint density at radius 1 is 1.05 bits per heavy atom. The zero-order valence-electron chi connectivity index (χ0n) is 22.5. The second kappa shape index (κ2) is 11.0. The van der Waals surface area contributed by atoms with Gasteiger partial charge in [-0.3, -0.25) is 10.1 Å². The molecular weight excluding hydrogens is 490 g/mol. The molecule has 37 heavy (non-hydrogen) atoms. The zero-order chi connectivity index (χ0) is 26.8. The Morgan fingerprint density at radius 3 is 2.30 bits per heavy atom. The number of nitrogens with zero attached hydrogens (tertiary/aromatic N) is 2. The van der Waals surface area contributed by atoms with E-state index in [2.05, 4.69) is 19.2 Å². The van der Waals surface area contributed by atoms with Gasteiger partial charge in [-0.15, -0.1) is 0 Å². The second-order valence-electron chi connectivity index (χ2n) is 10.2. The van der Waals surface area contributed by atoms with E-state index in [-0.39, 0.29) is 17.9 Å². The Kier molecular flexibility index (Phi) is 8.16. The molecule has 0 aromatic heterocycles. The maximum Gasteiger partial charge on any atom is 0.243 e. The van der Waals surface area contributed by atoms with Gasteiger partial charge < -0.3 is 14.4 Å². The number of benzene rings is 2. The average molecular weight is 530 g/mol. The number of hydrogen-bond acceptors (Lipinski definition) is 6. The fourth-order valence-corrected chi connectivity index (χ4v) is 6.84. The maximum absolute atomic E-state index is 13.6. The van der Waals surface area contributed by atoms with Gasteiger partial charge in [0.25, 0.3) is 0 Å². The molecule has 2 atom stereocenters. The normalized spacial score (nSPS) is 20.8. The highest BCUT2D eigenvalue weighted by Gasteiger charge is 2.53. The quantitative estimate of drug-likeness (QED) is 0.534. The minimum Gasteiger partial charge on any atom is -0.493 e. The summed E-state index contributed by atoms with van der Waals surface area (Å²) in [5.74, 6) is 1.61. The highest BCUT2D eigenvalue weighted by Crippen LogP contribution is 2.37. The first kappa shape index (κ1) is 27.4. The van der Waals surface area contributed by atoms with E-state index in [9.17, 15) is 13.2 Å². The Hall–Kier alpha value is -2.62. The first-order valence-electron chi connectivity index (χ1n) is 13.0. The molecule has 2 heterocycles. The molecule has 2 unspecified atom stereocenters. The zero-order valence-corrected chi connectivity index (χ0v) is 23.3. The van der Waals surface area contributed by atoms with Crippen LogP contribution in [0.25, 0.3) is 0 Å². The summed E-state index contributed by atoms with van der Waals surface area (Å²) in [7, 11) is -0.366. The van der Waals surface area contributed by atoms with E-state index in [0.29, 0.717) is 55.3 Å². The van der Waals surface area contributed by atoms with Crippen molar-refractivity contribution in [3.8, 4) is 11.5 Å². The van der Waals surface area contributed by atoms with Crippen LogP contribution < -0.4 is 14.8 Å². The number of rotatable bonds is 9. The lowest BCUT2D eigenvalue weighted by atomic mass is 9.96. The van der Waals surface area contributed by atoms with Crippen LogP contribution in [0.4, 0.5) is 0 Å². The average Bonchev–Trinajstić information content (AvgIpc) is 3.17. The molecule has 2 aromatic carbocycles. The Bertz CT molecular complexity index is 1210. The molecule has 2 aromatic rings. The number of nitrogens with one attached hydrogen (secondary N) is 1. The number of piperidine rings is 1. The Balaban J connectivity index is 1.53. The lowest BCUT2D eigenvalue weighted by Gasteiger charge is -2.44. The number of sulfonamides is 1. The molecule has 4 rings (SSSR count). The van der Waals surface area contributed by atoms with Crippen molar-refractivity contribution in [3.63, 3.8) is 0 Å². The molecule has 1 amide bonds. The van der Waals surface area contributed by atoms with Crippen LogP contribution in [-0.2, 0) is 21.2 Å². The first-order chi connectivity index (χ1) is 17.6. The molecule has 2 fully saturated rings. The molecule has 0 bridgehead atoms. The lowest BCUT2D eigenvalue weighted by Crippen LogP contribution is -2.60. The second-order valence-corrected chi connectivity index (χ2v) is 12.1. The summed E-state index contributed by atoms with van der Waals surface area (Å²) >= 11 is 0. The van der Waals surface area contributed by atoms with Crippen LogP contribution in [0, 0.1) is 12.8 Å². The van der Waals surface area contributed by atoms with Crippen LogP contribution in [0.2, 0.25) is 0 Å². The molecule has 2 aliphatic rings. The van der Waals surface area contributed by atoms with Crippen molar-refractivity contribution in [2.24, 2.45) is 5.92 Å².